The van der Waals surface area contributed by atoms with E-state index < -0.39 is 0 Å². The third-order valence-corrected chi connectivity index (χ3v) is 7.96. The standard InChI is InChI=1S/C32H46N2O8/c1-9-10-11-12-13-21(2)24-20-33(31(35)22-16-25(37-3)29(41-7)26(17-22)38-4)14-15-34(24)32(36)23-18-27(39-5)30(42-8)28(19-23)40-6/h16-19,21,24H,9-15,20H2,1-8H3. The molecule has 10 heteroatoms. The molecule has 0 aromatic heterocycles. The van der Waals surface area contributed by atoms with Crippen LogP contribution in [0.1, 0.15) is 66.7 Å². The van der Waals surface area contributed by atoms with Crippen molar-refractivity contribution in [3.63, 3.8) is 0 Å². The fourth-order valence-corrected chi connectivity index (χ4v) is 5.58. The van der Waals surface area contributed by atoms with E-state index >= 15 is 0 Å². The molecule has 2 unspecified atom stereocenters. The fourth-order valence-electron chi connectivity index (χ4n) is 5.58. The maximum Gasteiger partial charge on any atom is 0.254 e. The van der Waals surface area contributed by atoms with Crippen LogP contribution >= 0.6 is 0 Å². The van der Waals surface area contributed by atoms with Gasteiger partial charge in [0.05, 0.1) is 48.7 Å². The second-order valence-electron chi connectivity index (χ2n) is 10.5. The van der Waals surface area contributed by atoms with Crippen molar-refractivity contribution < 1.29 is 38.0 Å². The number of rotatable bonds is 14. The number of hydrogen-bond acceptors (Lipinski definition) is 8. The molecule has 0 aliphatic carbocycles. The number of carbonyl (C=O) groups excluding carboxylic acids is 2. The van der Waals surface area contributed by atoms with Gasteiger partial charge in [-0.3, -0.25) is 9.59 Å². The Labute approximate surface area is 249 Å². The first-order chi connectivity index (χ1) is 20.3. The van der Waals surface area contributed by atoms with E-state index in [0.29, 0.717) is 65.3 Å². The molecule has 2 atom stereocenters. The van der Waals surface area contributed by atoms with Crippen molar-refractivity contribution in [3.05, 3.63) is 35.4 Å². The van der Waals surface area contributed by atoms with Gasteiger partial charge in [-0.2, -0.15) is 0 Å². The molecule has 0 saturated carbocycles. The number of ether oxygens (including phenoxy) is 6. The Bertz CT molecular complexity index is 1170. The summed E-state index contributed by atoms with van der Waals surface area (Å²) >= 11 is 0. The number of amides is 2. The van der Waals surface area contributed by atoms with E-state index in [-0.39, 0.29) is 23.8 Å². The molecule has 2 amide bonds. The van der Waals surface area contributed by atoms with Crippen molar-refractivity contribution in [3.8, 4) is 34.5 Å². The number of piperazine rings is 1. The lowest BCUT2D eigenvalue weighted by Crippen LogP contribution is -2.58. The van der Waals surface area contributed by atoms with Gasteiger partial charge < -0.3 is 38.2 Å². The van der Waals surface area contributed by atoms with Gasteiger partial charge in [-0.25, -0.2) is 0 Å². The Kier molecular flexibility index (Phi) is 12.0. The lowest BCUT2D eigenvalue weighted by molar-refractivity contribution is 0.0275. The molecule has 0 N–H and O–H groups in total. The average molecular weight is 587 g/mol. The summed E-state index contributed by atoms with van der Waals surface area (Å²) in [6.07, 6.45) is 5.49. The number of carbonyl (C=O) groups is 2. The summed E-state index contributed by atoms with van der Waals surface area (Å²) in [5, 5.41) is 0. The highest BCUT2D eigenvalue weighted by molar-refractivity contribution is 5.97. The topological polar surface area (TPSA) is 96.0 Å². The van der Waals surface area contributed by atoms with Gasteiger partial charge in [-0.05, 0) is 36.6 Å². The predicted molar refractivity (Wildman–Crippen MR) is 161 cm³/mol. The van der Waals surface area contributed by atoms with Crippen LogP contribution in [-0.4, -0.2) is 89.9 Å². The van der Waals surface area contributed by atoms with E-state index in [1.54, 1.807) is 24.3 Å². The third kappa shape index (κ3) is 7.14. The average Bonchev–Trinajstić information content (AvgIpc) is 3.03. The highest BCUT2D eigenvalue weighted by Crippen LogP contribution is 2.40. The summed E-state index contributed by atoms with van der Waals surface area (Å²) in [6.45, 7) is 5.52. The molecule has 3 rings (SSSR count). The lowest BCUT2D eigenvalue weighted by Gasteiger charge is -2.44. The molecule has 1 aliphatic heterocycles. The van der Waals surface area contributed by atoms with Crippen LogP contribution in [0.4, 0.5) is 0 Å². The number of hydrogen-bond donors (Lipinski definition) is 0. The molecule has 0 spiro atoms. The molecule has 0 bridgehead atoms. The van der Waals surface area contributed by atoms with E-state index in [0.717, 1.165) is 25.7 Å². The van der Waals surface area contributed by atoms with Crippen LogP contribution in [0.15, 0.2) is 24.3 Å². The number of unbranched alkanes of at least 4 members (excludes halogenated alkanes) is 3. The van der Waals surface area contributed by atoms with Crippen molar-refractivity contribution in [1.82, 2.24) is 9.80 Å². The zero-order valence-electron chi connectivity index (χ0n) is 26.3. The second kappa shape index (κ2) is 15.4. The predicted octanol–water partition coefficient (Wildman–Crippen LogP) is 5.31. The van der Waals surface area contributed by atoms with E-state index in [1.165, 1.54) is 49.1 Å². The Morgan fingerprint density at radius 3 is 1.62 bits per heavy atom. The van der Waals surface area contributed by atoms with Gasteiger partial charge in [0.2, 0.25) is 11.5 Å². The Balaban J connectivity index is 1.94. The monoisotopic (exact) mass is 586 g/mol. The highest BCUT2D eigenvalue weighted by Gasteiger charge is 2.37. The normalized spacial score (nSPS) is 15.6. The Hall–Kier alpha value is -3.82. The van der Waals surface area contributed by atoms with Crippen LogP contribution in [-0.2, 0) is 0 Å². The number of nitrogens with zero attached hydrogens (tertiary/aromatic N) is 2. The van der Waals surface area contributed by atoms with Gasteiger partial charge in [0.1, 0.15) is 0 Å². The van der Waals surface area contributed by atoms with Crippen molar-refractivity contribution in [2.75, 3.05) is 62.3 Å². The van der Waals surface area contributed by atoms with E-state index in [1.807, 2.05) is 9.80 Å². The minimum atomic E-state index is -0.182. The smallest absolute Gasteiger partial charge is 0.254 e. The summed E-state index contributed by atoms with van der Waals surface area (Å²) in [5.74, 6) is 2.39. The molecule has 42 heavy (non-hydrogen) atoms. The SMILES string of the molecule is CCCCCCC(C)C1CN(C(=O)c2cc(OC)c(OC)c(OC)c2)CCN1C(=O)c1cc(OC)c(OC)c(OC)c1. The van der Waals surface area contributed by atoms with Gasteiger partial charge in [0.15, 0.2) is 23.0 Å². The van der Waals surface area contributed by atoms with Crippen LogP contribution in [0.2, 0.25) is 0 Å². The quantitative estimate of drug-likeness (QED) is 0.275. The molecule has 10 nitrogen and oxygen atoms in total. The highest BCUT2D eigenvalue weighted by atomic mass is 16.5. The van der Waals surface area contributed by atoms with Crippen LogP contribution < -0.4 is 28.4 Å². The van der Waals surface area contributed by atoms with Crippen molar-refractivity contribution in [1.29, 1.82) is 0 Å². The Morgan fingerprint density at radius 2 is 1.19 bits per heavy atom. The van der Waals surface area contributed by atoms with Gasteiger partial charge in [0.25, 0.3) is 11.8 Å². The molecule has 0 radical (unpaired) electrons. The number of methoxy groups -OCH3 is 6. The molecule has 232 valence electrons. The summed E-state index contributed by atoms with van der Waals surface area (Å²) in [5.41, 5.74) is 0.875. The summed E-state index contributed by atoms with van der Waals surface area (Å²) in [6, 6.07) is 6.51. The zero-order valence-corrected chi connectivity index (χ0v) is 26.3. The zero-order chi connectivity index (χ0) is 30.8. The Morgan fingerprint density at radius 1 is 0.714 bits per heavy atom. The van der Waals surface area contributed by atoms with E-state index in [2.05, 4.69) is 13.8 Å². The van der Waals surface area contributed by atoms with Crippen molar-refractivity contribution in [2.24, 2.45) is 5.92 Å². The van der Waals surface area contributed by atoms with Crippen molar-refractivity contribution in [2.45, 2.75) is 52.0 Å². The maximum atomic E-state index is 14.0. The lowest BCUT2D eigenvalue weighted by atomic mass is 9.91. The van der Waals surface area contributed by atoms with Gasteiger partial charge >= 0.3 is 0 Å². The first kappa shape index (κ1) is 32.7. The maximum absolute atomic E-state index is 14.0. The molecular formula is C32H46N2O8. The molecule has 2 aromatic carbocycles. The van der Waals surface area contributed by atoms with Gasteiger partial charge in [0, 0.05) is 30.8 Å². The largest absolute Gasteiger partial charge is 0.493 e. The molecule has 1 aliphatic rings. The fraction of sp³-hybridized carbons (Fsp3) is 0.562. The van der Waals surface area contributed by atoms with Crippen molar-refractivity contribution >= 4 is 11.8 Å². The molecule has 2 aromatic rings. The first-order valence-electron chi connectivity index (χ1n) is 14.5. The van der Waals surface area contributed by atoms with E-state index in [4.69, 9.17) is 28.4 Å². The molecule has 1 saturated heterocycles. The second-order valence-corrected chi connectivity index (χ2v) is 10.5. The molecular weight excluding hydrogens is 540 g/mol. The van der Waals surface area contributed by atoms with Crippen LogP contribution in [0.3, 0.4) is 0 Å². The third-order valence-electron chi connectivity index (χ3n) is 7.96. The van der Waals surface area contributed by atoms with Crippen LogP contribution in [0, 0.1) is 5.92 Å². The van der Waals surface area contributed by atoms with Crippen LogP contribution in [0.5, 0.6) is 34.5 Å². The minimum Gasteiger partial charge on any atom is -0.493 e. The van der Waals surface area contributed by atoms with Gasteiger partial charge in [-0.15, -0.1) is 0 Å². The molecule has 1 heterocycles. The van der Waals surface area contributed by atoms with Crippen LogP contribution in [0.25, 0.3) is 0 Å². The van der Waals surface area contributed by atoms with E-state index in [9.17, 15) is 9.59 Å². The summed E-state index contributed by atoms with van der Waals surface area (Å²) in [4.78, 5) is 31.6. The summed E-state index contributed by atoms with van der Waals surface area (Å²) in [7, 11) is 9.16. The molecule has 1 fully saturated rings. The first-order valence-corrected chi connectivity index (χ1v) is 14.5. The summed E-state index contributed by atoms with van der Waals surface area (Å²) < 4.78 is 32.8. The van der Waals surface area contributed by atoms with Gasteiger partial charge in [-0.1, -0.05) is 39.5 Å². The minimum absolute atomic E-state index is 0.139. The number of benzene rings is 2.